The van der Waals surface area contributed by atoms with Crippen LogP contribution in [-0.2, 0) is 6.54 Å². The van der Waals surface area contributed by atoms with Gasteiger partial charge < -0.3 is 5.32 Å². The number of fused-ring (bicyclic) bond motifs is 1. The second-order valence-corrected chi connectivity index (χ2v) is 6.89. The van der Waals surface area contributed by atoms with Gasteiger partial charge in [-0.05, 0) is 11.1 Å². The summed E-state index contributed by atoms with van der Waals surface area (Å²) in [6, 6.07) is 32.9. The van der Waals surface area contributed by atoms with E-state index in [-0.39, 0.29) is 0 Å². The predicted octanol–water partition coefficient (Wildman–Crippen LogP) is 5.68. The van der Waals surface area contributed by atoms with Crippen LogP contribution in [0.5, 0.6) is 0 Å². The van der Waals surface area contributed by atoms with Crippen LogP contribution in [0.15, 0.2) is 103 Å². The SMILES string of the molecule is c1ccc(CNc2cc(-c3ccccc3)nc3c(-c4ccccc4)cnn23)cc1. The Bertz CT molecular complexity index is 1230. The monoisotopic (exact) mass is 376 g/mol. The molecule has 0 spiro atoms. The molecule has 140 valence electrons. The van der Waals surface area contributed by atoms with E-state index in [0.717, 1.165) is 33.8 Å². The third-order valence-electron chi connectivity index (χ3n) is 4.94. The molecule has 0 bridgehead atoms. The van der Waals surface area contributed by atoms with E-state index in [1.54, 1.807) is 0 Å². The lowest BCUT2D eigenvalue weighted by Crippen LogP contribution is -2.06. The van der Waals surface area contributed by atoms with Crippen molar-refractivity contribution in [3.8, 4) is 22.4 Å². The van der Waals surface area contributed by atoms with Crippen molar-refractivity contribution in [3.05, 3.63) is 109 Å². The highest BCUT2D eigenvalue weighted by Gasteiger charge is 2.14. The number of nitrogens with one attached hydrogen (secondary N) is 1. The van der Waals surface area contributed by atoms with Crippen LogP contribution in [0.25, 0.3) is 28.0 Å². The van der Waals surface area contributed by atoms with Crippen molar-refractivity contribution in [2.24, 2.45) is 0 Å². The molecule has 0 aliphatic heterocycles. The summed E-state index contributed by atoms with van der Waals surface area (Å²) in [5.41, 5.74) is 6.19. The molecule has 0 atom stereocenters. The Morgan fingerprint density at radius 2 is 1.34 bits per heavy atom. The van der Waals surface area contributed by atoms with Gasteiger partial charge in [0.25, 0.3) is 0 Å². The van der Waals surface area contributed by atoms with Crippen molar-refractivity contribution in [1.29, 1.82) is 0 Å². The summed E-state index contributed by atoms with van der Waals surface area (Å²) in [6.07, 6.45) is 1.89. The molecule has 1 N–H and O–H groups in total. The average molecular weight is 376 g/mol. The summed E-state index contributed by atoms with van der Waals surface area (Å²) in [5.74, 6) is 0.917. The van der Waals surface area contributed by atoms with E-state index < -0.39 is 0 Å². The van der Waals surface area contributed by atoms with Gasteiger partial charge in [-0.3, -0.25) is 0 Å². The molecule has 0 radical (unpaired) electrons. The van der Waals surface area contributed by atoms with Gasteiger partial charge in [0.05, 0.1) is 11.9 Å². The maximum atomic E-state index is 4.96. The van der Waals surface area contributed by atoms with Crippen molar-refractivity contribution in [2.75, 3.05) is 5.32 Å². The molecule has 0 aliphatic carbocycles. The van der Waals surface area contributed by atoms with E-state index in [1.807, 2.05) is 53.2 Å². The van der Waals surface area contributed by atoms with Gasteiger partial charge in [-0.15, -0.1) is 0 Å². The molecule has 0 fully saturated rings. The third kappa shape index (κ3) is 3.48. The maximum Gasteiger partial charge on any atom is 0.165 e. The van der Waals surface area contributed by atoms with Crippen LogP contribution in [0.3, 0.4) is 0 Å². The second-order valence-electron chi connectivity index (χ2n) is 6.89. The summed E-state index contributed by atoms with van der Waals surface area (Å²) >= 11 is 0. The minimum Gasteiger partial charge on any atom is -0.366 e. The highest BCUT2D eigenvalue weighted by molar-refractivity contribution is 5.80. The minimum atomic E-state index is 0.717. The predicted molar refractivity (Wildman–Crippen MR) is 118 cm³/mol. The Morgan fingerprint density at radius 1 is 0.724 bits per heavy atom. The lowest BCUT2D eigenvalue weighted by atomic mass is 10.1. The van der Waals surface area contributed by atoms with Gasteiger partial charge in [0.15, 0.2) is 5.65 Å². The van der Waals surface area contributed by atoms with E-state index >= 15 is 0 Å². The van der Waals surface area contributed by atoms with Crippen molar-refractivity contribution < 1.29 is 0 Å². The smallest absolute Gasteiger partial charge is 0.165 e. The average Bonchev–Trinajstić information content (AvgIpc) is 3.23. The van der Waals surface area contributed by atoms with Crippen LogP contribution >= 0.6 is 0 Å². The van der Waals surface area contributed by atoms with Crippen LogP contribution < -0.4 is 5.32 Å². The fourth-order valence-electron chi connectivity index (χ4n) is 3.46. The highest BCUT2D eigenvalue weighted by atomic mass is 15.3. The standard InChI is InChI=1S/C25H20N4/c1-4-10-19(11-5-1)17-26-24-16-23(21-14-8-3-9-15-21)28-25-22(18-27-29(24)25)20-12-6-2-7-13-20/h1-16,18,26H,17H2. The first-order valence-electron chi connectivity index (χ1n) is 9.66. The van der Waals surface area contributed by atoms with Crippen LogP contribution in [0.2, 0.25) is 0 Å². The first-order valence-corrected chi connectivity index (χ1v) is 9.66. The van der Waals surface area contributed by atoms with Gasteiger partial charge in [-0.25, -0.2) is 4.98 Å². The van der Waals surface area contributed by atoms with Gasteiger partial charge in [0, 0.05) is 23.7 Å². The highest BCUT2D eigenvalue weighted by Crippen LogP contribution is 2.29. The lowest BCUT2D eigenvalue weighted by molar-refractivity contribution is 0.927. The largest absolute Gasteiger partial charge is 0.366 e. The first-order chi connectivity index (χ1) is 14.4. The molecule has 5 aromatic rings. The van der Waals surface area contributed by atoms with Gasteiger partial charge in [0.2, 0.25) is 0 Å². The van der Waals surface area contributed by atoms with Gasteiger partial charge >= 0.3 is 0 Å². The van der Waals surface area contributed by atoms with Crippen LogP contribution in [0.4, 0.5) is 5.82 Å². The molecule has 0 aliphatic rings. The summed E-state index contributed by atoms with van der Waals surface area (Å²) < 4.78 is 1.89. The number of anilines is 1. The molecule has 5 rings (SSSR count). The van der Waals surface area contributed by atoms with Crippen molar-refractivity contribution >= 4 is 11.5 Å². The molecule has 4 heteroatoms. The molecule has 2 heterocycles. The molecule has 0 saturated carbocycles. The van der Waals surface area contributed by atoms with Crippen molar-refractivity contribution in [1.82, 2.24) is 14.6 Å². The minimum absolute atomic E-state index is 0.717. The van der Waals surface area contributed by atoms with Crippen molar-refractivity contribution in [2.45, 2.75) is 6.54 Å². The number of nitrogens with zero attached hydrogens (tertiary/aromatic N) is 3. The van der Waals surface area contributed by atoms with E-state index in [4.69, 9.17) is 4.98 Å². The number of hydrogen-bond donors (Lipinski definition) is 1. The molecule has 0 unspecified atom stereocenters. The zero-order chi connectivity index (χ0) is 19.5. The Labute approximate surface area is 169 Å². The zero-order valence-corrected chi connectivity index (χ0v) is 15.9. The number of benzene rings is 3. The number of hydrogen-bond acceptors (Lipinski definition) is 3. The zero-order valence-electron chi connectivity index (χ0n) is 15.9. The Kier molecular flexibility index (Phi) is 4.51. The topological polar surface area (TPSA) is 42.2 Å². The van der Waals surface area contributed by atoms with Gasteiger partial charge in [-0.1, -0.05) is 91.0 Å². The fourth-order valence-corrected chi connectivity index (χ4v) is 3.46. The molecule has 0 saturated heterocycles. The molecule has 0 amide bonds. The van der Waals surface area contributed by atoms with E-state index in [2.05, 4.69) is 65.0 Å². The summed E-state index contributed by atoms with van der Waals surface area (Å²) in [6.45, 7) is 0.717. The summed E-state index contributed by atoms with van der Waals surface area (Å²) in [4.78, 5) is 4.96. The van der Waals surface area contributed by atoms with Crippen molar-refractivity contribution in [3.63, 3.8) is 0 Å². The third-order valence-corrected chi connectivity index (χ3v) is 4.94. The Hall–Kier alpha value is -3.92. The van der Waals surface area contributed by atoms with Gasteiger partial charge in [-0.2, -0.15) is 9.61 Å². The summed E-state index contributed by atoms with van der Waals surface area (Å²) in [7, 11) is 0. The number of aromatic nitrogens is 3. The van der Waals surface area contributed by atoms with E-state index in [1.165, 1.54) is 5.56 Å². The molecule has 2 aromatic heterocycles. The van der Waals surface area contributed by atoms with Gasteiger partial charge in [0.1, 0.15) is 5.82 Å². The van der Waals surface area contributed by atoms with Crippen LogP contribution in [0, 0.1) is 0 Å². The molecule has 29 heavy (non-hydrogen) atoms. The first kappa shape index (κ1) is 17.2. The van der Waals surface area contributed by atoms with E-state index in [9.17, 15) is 0 Å². The maximum absolute atomic E-state index is 4.96. The Morgan fingerprint density at radius 3 is 2.03 bits per heavy atom. The Balaban J connectivity index is 1.63. The molecular formula is C25H20N4. The normalized spacial score (nSPS) is 10.9. The van der Waals surface area contributed by atoms with E-state index in [0.29, 0.717) is 6.54 Å². The van der Waals surface area contributed by atoms with Crippen LogP contribution in [0.1, 0.15) is 5.56 Å². The van der Waals surface area contributed by atoms with Crippen LogP contribution in [-0.4, -0.2) is 14.6 Å². The second kappa shape index (κ2) is 7.60. The summed E-state index contributed by atoms with van der Waals surface area (Å²) in [5, 5.41) is 8.17. The number of rotatable bonds is 5. The molecule has 3 aromatic carbocycles. The quantitative estimate of drug-likeness (QED) is 0.429. The molecule has 4 nitrogen and oxygen atoms in total. The lowest BCUT2D eigenvalue weighted by Gasteiger charge is -2.11. The fraction of sp³-hybridized carbons (Fsp3) is 0.0400. The molecular weight excluding hydrogens is 356 g/mol.